The molecule has 0 fully saturated rings. The zero-order valence-electron chi connectivity index (χ0n) is 10.4. The fourth-order valence-corrected chi connectivity index (χ4v) is 2.98. The second-order valence-corrected chi connectivity index (χ2v) is 5.90. The lowest BCUT2D eigenvalue weighted by molar-refractivity contribution is 0.414. The second kappa shape index (κ2) is 6.08. The molecule has 0 aromatic heterocycles. The van der Waals surface area contributed by atoms with Gasteiger partial charge in [0.15, 0.2) is 0 Å². The fraction of sp³-hybridized carbons (Fsp3) is 0.143. The Bertz CT molecular complexity index is 599. The third-order valence-corrected chi connectivity index (χ3v) is 4.32. The smallest absolute Gasteiger partial charge is 0.118 e. The topological polar surface area (TPSA) is 52.3 Å². The van der Waals surface area contributed by atoms with E-state index in [4.69, 9.17) is 22.1 Å². The maximum atomic E-state index is 12.2. The highest BCUT2D eigenvalue weighted by Crippen LogP contribution is 2.22. The summed E-state index contributed by atoms with van der Waals surface area (Å²) in [5.41, 5.74) is 7.24. The fourth-order valence-electron chi connectivity index (χ4n) is 1.65. The molecule has 0 amide bonds. The van der Waals surface area contributed by atoms with Crippen molar-refractivity contribution >= 4 is 28.1 Å². The van der Waals surface area contributed by atoms with Crippen molar-refractivity contribution in [3.8, 4) is 5.75 Å². The molecule has 0 aliphatic carbocycles. The molecule has 0 bridgehead atoms. The number of halogens is 1. The summed E-state index contributed by atoms with van der Waals surface area (Å²) in [7, 11) is 0.438. The molecule has 1 unspecified atom stereocenters. The highest BCUT2D eigenvalue weighted by atomic mass is 35.5. The molecule has 0 radical (unpaired) electrons. The summed E-state index contributed by atoms with van der Waals surface area (Å²) >= 11 is 5.91. The average molecular weight is 296 g/mol. The molecule has 19 heavy (non-hydrogen) atoms. The van der Waals surface area contributed by atoms with E-state index in [1.54, 1.807) is 49.6 Å². The van der Waals surface area contributed by atoms with Crippen LogP contribution in [0.4, 0.5) is 5.69 Å². The number of ether oxygens (including phenoxy) is 1. The van der Waals surface area contributed by atoms with E-state index < -0.39 is 10.8 Å². The molecule has 0 saturated carbocycles. The summed E-state index contributed by atoms with van der Waals surface area (Å²) in [5.74, 6) is 1.08. The normalized spacial score (nSPS) is 12.1. The van der Waals surface area contributed by atoms with Crippen molar-refractivity contribution in [2.24, 2.45) is 0 Å². The molecule has 0 aliphatic heterocycles. The summed E-state index contributed by atoms with van der Waals surface area (Å²) < 4.78 is 17.3. The van der Waals surface area contributed by atoms with Crippen LogP contribution in [0.25, 0.3) is 0 Å². The summed E-state index contributed by atoms with van der Waals surface area (Å²) in [6, 6.07) is 12.3. The zero-order valence-corrected chi connectivity index (χ0v) is 12.0. The Morgan fingerprint density at radius 2 is 1.89 bits per heavy atom. The van der Waals surface area contributed by atoms with E-state index >= 15 is 0 Å². The van der Waals surface area contributed by atoms with Gasteiger partial charge in [0, 0.05) is 15.6 Å². The van der Waals surface area contributed by atoms with Crippen molar-refractivity contribution in [3.05, 3.63) is 53.1 Å². The second-order valence-electron chi connectivity index (χ2n) is 4.01. The van der Waals surface area contributed by atoms with Crippen LogP contribution in [0, 0.1) is 0 Å². The number of hydrogen-bond acceptors (Lipinski definition) is 3. The van der Waals surface area contributed by atoms with E-state index in [0.717, 1.165) is 16.2 Å². The summed E-state index contributed by atoms with van der Waals surface area (Å²) in [6.07, 6.45) is 0. The van der Waals surface area contributed by atoms with Gasteiger partial charge in [0.2, 0.25) is 0 Å². The van der Waals surface area contributed by atoms with Crippen LogP contribution in [-0.4, -0.2) is 11.3 Å². The highest BCUT2D eigenvalue weighted by Gasteiger charge is 2.08. The molecule has 2 aromatic carbocycles. The van der Waals surface area contributed by atoms with Gasteiger partial charge in [0.1, 0.15) is 5.75 Å². The maximum Gasteiger partial charge on any atom is 0.118 e. The van der Waals surface area contributed by atoms with Crippen LogP contribution in [0.1, 0.15) is 5.56 Å². The Kier molecular flexibility index (Phi) is 4.45. The van der Waals surface area contributed by atoms with Crippen LogP contribution in [0.15, 0.2) is 47.4 Å². The molecule has 2 aromatic rings. The first-order valence-electron chi connectivity index (χ1n) is 5.66. The van der Waals surface area contributed by atoms with E-state index in [2.05, 4.69) is 0 Å². The number of nitrogen functional groups attached to an aromatic ring is 1. The van der Waals surface area contributed by atoms with Gasteiger partial charge in [-0.15, -0.1) is 0 Å². The van der Waals surface area contributed by atoms with Crippen molar-refractivity contribution in [1.82, 2.24) is 0 Å². The largest absolute Gasteiger partial charge is 0.497 e. The predicted octanol–water partition coefficient (Wildman–Crippen LogP) is 3.24. The molecule has 3 nitrogen and oxygen atoms in total. The first-order chi connectivity index (χ1) is 9.10. The zero-order chi connectivity index (χ0) is 13.8. The van der Waals surface area contributed by atoms with E-state index in [9.17, 15) is 4.21 Å². The van der Waals surface area contributed by atoms with Crippen LogP contribution in [0.3, 0.4) is 0 Å². The van der Waals surface area contributed by atoms with Gasteiger partial charge in [0.05, 0.1) is 23.7 Å². The van der Waals surface area contributed by atoms with Crippen molar-refractivity contribution in [1.29, 1.82) is 0 Å². The number of anilines is 1. The van der Waals surface area contributed by atoms with Crippen LogP contribution >= 0.6 is 11.6 Å². The average Bonchev–Trinajstić information content (AvgIpc) is 2.43. The van der Waals surface area contributed by atoms with Gasteiger partial charge >= 0.3 is 0 Å². The van der Waals surface area contributed by atoms with Gasteiger partial charge in [-0.25, -0.2) is 0 Å². The van der Waals surface area contributed by atoms with Crippen molar-refractivity contribution in [2.75, 3.05) is 12.8 Å². The van der Waals surface area contributed by atoms with Gasteiger partial charge in [-0.1, -0.05) is 11.6 Å². The standard InChI is InChI=1S/C14H14ClNO2S/c1-18-12-3-5-13(6-4-12)19(17)9-10-8-11(15)2-7-14(10)16/h2-8H,9,16H2,1H3. The molecule has 2 N–H and O–H groups in total. The Morgan fingerprint density at radius 1 is 1.21 bits per heavy atom. The Hall–Kier alpha value is -1.52. The van der Waals surface area contributed by atoms with Crippen molar-refractivity contribution in [3.63, 3.8) is 0 Å². The van der Waals surface area contributed by atoms with Gasteiger partial charge < -0.3 is 10.5 Å². The van der Waals surface area contributed by atoms with Crippen molar-refractivity contribution < 1.29 is 8.95 Å². The van der Waals surface area contributed by atoms with Crippen LogP contribution in [0.5, 0.6) is 5.75 Å². The van der Waals surface area contributed by atoms with Crippen LogP contribution in [-0.2, 0) is 16.6 Å². The quantitative estimate of drug-likeness (QED) is 0.881. The lowest BCUT2D eigenvalue weighted by Crippen LogP contribution is -2.00. The first-order valence-corrected chi connectivity index (χ1v) is 7.36. The third kappa shape index (κ3) is 3.49. The third-order valence-electron chi connectivity index (χ3n) is 2.71. The number of nitrogens with two attached hydrogens (primary N) is 1. The molecular weight excluding hydrogens is 282 g/mol. The molecule has 100 valence electrons. The lowest BCUT2D eigenvalue weighted by Gasteiger charge is -2.07. The van der Waals surface area contributed by atoms with Gasteiger partial charge in [-0.3, -0.25) is 4.21 Å². The minimum absolute atomic E-state index is 0.346. The molecular formula is C14H14ClNO2S. The first kappa shape index (κ1) is 13.9. The van der Waals surface area contributed by atoms with Gasteiger partial charge in [-0.05, 0) is 48.0 Å². The number of rotatable bonds is 4. The molecule has 0 saturated heterocycles. The Morgan fingerprint density at radius 3 is 2.53 bits per heavy atom. The lowest BCUT2D eigenvalue weighted by atomic mass is 10.2. The molecule has 0 heterocycles. The number of hydrogen-bond donors (Lipinski definition) is 1. The Labute approximate surface area is 119 Å². The van der Waals surface area contributed by atoms with Crippen molar-refractivity contribution in [2.45, 2.75) is 10.6 Å². The maximum absolute atomic E-state index is 12.2. The summed E-state index contributed by atoms with van der Waals surface area (Å²) in [6.45, 7) is 0. The van der Waals surface area contributed by atoms with E-state index in [-0.39, 0.29) is 0 Å². The van der Waals surface area contributed by atoms with Crippen LogP contribution in [0.2, 0.25) is 5.02 Å². The molecule has 0 spiro atoms. The van der Waals surface area contributed by atoms with E-state index in [1.807, 2.05) is 0 Å². The molecule has 5 heteroatoms. The highest BCUT2D eigenvalue weighted by molar-refractivity contribution is 7.84. The number of methoxy groups -OCH3 is 1. The van der Waals surface area contributed by atoms with Gasteiger partial charge in [-0.2, -0.15) is 0 Å². The van der Waals surface area contributed by atoms with Crippen LogP contribution < -0.4 is 10.5 Å². The molecule has 1 atom stereocenters. The predicted molar refractivity (Wildman–Crippen MR) is 79.0 cm³/mol. The molecule has 0 aliphatic rings. The SMILES string of the molecule is COc1ccc(S(=O)Cc2cc(Cl)ccc2N)cc1. The monoisotopic (exact) mass is 295 g/mol. The summed E-state index contributed by atoms with van der Waals surface area (Å²) in [5, 5.41) is 0.593. The summed E-state index contributed by atoms with van der Waals surface area (Å²) in [4.78, 5) is 0.736. The Balaban J connectivity index is 2.18. The number of benzene rings is 2. The minimum atomic E-state index is -1.16. The minimum Gasteiger partial charge on any atom is -0.497 e. The van der Waals surface area contributed by atoms with Gasteiger partial charge in [0.25, 0.3) is 0 Å². The van der Waals surface area contributed by atoms with E-state index in [0.29, 0.717) is 16.5 Å². The van der Waals surface area contributed by atoms with E-state index in [1.165, 1.54) is 0 Å². The molecule has 2 rings (SSSR count).